The van der Waals surface area contributed by atoms with Crippen molar-refractivity contribution in [3.8, 4) is 0 Å². The van der Waals surface area contributed by atoms with Crippen LogP contribution in [0.3, 0.4) is 0 Å². The van der Waals surface area contributed by atoms with Crippen LogP contribution in [-0.4, -0.2) is 29.4 Å². The van der Waals surface area contributed by atoms with Crippen LogP contribution < -0.4 is 5.73 Å². The highest BCUT2D eigenvalue weighted by molar-refractivity contribution is 5.74. The van der Waals surface area contributed by atoms with Crippen LogP contribution in [0.1, 0.15) is 70.6 Å². The molecular weight excluding hydrogens is 224 g/mol. The molecule has 2 rings (SSSR count). The molecule has 0 aromatic rings. The van der Waals surface area contributed by atoms with Gasteiger partial charge in [-0.2, -0.15) is 0 Å². The lowest BCUT2D eigenvalue weighted by Gasteiger charge is -2.41. The van der Waals surface area contributed by atoms with Crippen molar-refractivity contribution in [3.63, 3.8) is 0 Å². The minimum absolute atomic E-state index is 0.127. The molecule has 3 nitrogen and oxygen atoms in total. The van der Waals surface area contributed by atoms with Crippen molar-refractivity contribution in [2.45, 2.75) is 82.7 Å². The van der Waals surface area contributed by atoms with Gasteiger partial charge in [-0.1, -0.05) is 38.5 Å². The summed E-state index contributed by atoms with van der Waals surface area (Å²) in [6, 6.07) is 1.15. The zero-order chi connectivity index (χ0) is 12.8. The summed E-state index contributed by atoms with van der Waals surface area (Å²) in [6.45, 7) is 1.18. The fraction of sp³-hybridized carbons (Fsp3) is 0.933. The largest absolute Gasteiger partial charge is 0.370 e. The molecule has 1 saturated heterocycles. The summed E-state index contributed by atoms with van der Waals surface area (Å²) in [5.41, 5.74) is 5.41. The molecule has 2 N–H and O–H groups in total. The van der Waals surface area contributed by atoms with Gasteiger partial charge in [0.05, 0.1) is 0 Å². The van der Waals surface area contributed by atoms with E-state index >= 15 is 0 Å². The number of likely N-dealkylation sites (tertiary alicyclic amines) is 1. The highest BCUT2D eigenvalue weighted by atomic mass is 16.1. The molecule has 0 radical (unpaired) electrons. The van der Waals surface area contributed by atoms with Crippen LogP contribution in [0.5, 0.6) is 0 Å². The van der Waals surface area contributed by atoms with Crippen molar-refractivity contribution in [1.82, 2.24) is 4.90 Å². The van der Waals surface area contributed by atoms with Crippen molar-refractivity contribution in [1.29, 1.82) is 0 Å². The maximum absolute atomic E-state index is 11.2. The summed E-state index contributed by atoms with van der Waals surface area (Å²) in [6.07, 6.45) is 13.9. The van der Waals surface area contributed by atoms with Gasteiger partial charge < -0.3 is 5.73 Å². The van der Waals surface area contributed by atoms with E-state index in [1.807, 2.05) is 0 Å². The van der Waals surface area contributed by atoms with Crippen molar-refractivity contribution in [3.05, 3.63) is 0 Å². The van der Waals surface area contributed by atoms with E-state index in [-0.39, 0.29) is 5.91 Å². The summed E-state index contributed by atoms with van der Waals surface area (Å²) < 4.78 is 0. The minimum Gasteiger partial charge on any atom is -0.370 e. The Kier molecular flexibility index (Phi) is 5.48. The molecule has 1 unspecified atom stereocenters. The second kappa shape index (κ2) is 7.13. The zero-order valence-electron chi connectivity index (χ0n) is 11.6. The molecule has 0 bridgehead atoms. The Morgan fingerprint density at radius 3 is 2.22 bits per heavy atom. The van der Waals surface area contributed by atoms with Crippen LogP contribution >= 0.6 is 0 Å². The number of hydrogen-bond acceptors (Lipinski definition) is 2. The van der Waals surface area contributed by atoms with Gasteiger partial charge in [0.25, 0.3) is 0 Å². The van der Waals surface area contributed by atoms with E-state index in [9.17, 15) is 4.79 Å². The first-order valence-electron chi connectivity index (χ1n) is 7.81. The molecule has 104 valence electrons. The van der Waals surface area contributed by atoms with Crippen LogP contribution in [0.4, 0.5) is 0 Å². The van der Waals surface area contributed by atoms with Gasteiger partial charge in [0.1, 0.15) is 0 Å². The van der Waals surface area contributed by atoms with Crippen molar-refractivity contribution in [2.75, 3.05) is 6.54 Å². The third-order valence-corrected chi connectivity index (χ3v) is 4.65. The predicted octanol–water partition coefficient (Wildman–Crippen LogP) is 2.83. The van der Waals surface area contributed by atoms with Gasteiger partial charge in [0, 0.05) is 18.5 Å². The number of hydrogen-bond donors (Lipinski definition) is 1. The smallest absolute Gasteiger partial charge is 0.218 e. The lowest BCUT2D eigenvalue weighted by molar-refractivity contribution is -0.119. The van der Waals surface area contributed by atoms with Crippen LogP contribution in [0.2, 0.25) is 0 Å². The molecule has 0 aromatic heterocycles. The number of rotatable bonds is 3. The van der Waals surface area contributed by atoms with Crippen LogP contribution in [0.25, 0.3) is 0 Å². The molecule has 1 saturated carbocycles. The molecule has 0 spiro atoms. The molecule has 1 amide bonds. The van der Waals surface area contributed by atoms with Crippen LogP contribution in [0.15, 0.2) is 0 Å². The summed E-state index contributed by atoms with van der Waals surface area (Å²) in [5.74, 6) is -0.127. The van der Waals surface area contributed by atoms with Gasteiger partial charge in [-0.05, 0) is 32.2 Å². The SMILES string of the molecule is NC(=O)CC1CCCCN1C1CCCCCCC1. The van der Waals surface area contributed by atoms with Crippen LogP contribution in [0, 0.1) is 0 Å². The number of carbonyl (C=O) groups is 1. The fourth-order valence-electron chi connectivity index (χ4n) is 3.72. The molecule has 1 atom stereocenters. The van der Waals surface area contributed by atoms with Gasteiger partial charge >= 0.3 is 0 Å². The summed E-state index contributed by atoms with van der Waals surface area (Å²) in [4.78, 5) is 13.8. The number of carbonyl (C=O) groups excluding carboxylic acids is 1. The highest BCUT2D eigenvalue weighted by Crippen LogP contribution is 2.28. The lowest BCUT2D eigenvalue weighted by Crippen LogP contribution is -2.48. The van der Waals surface area contributed by atoms with Crippen molar-refractivity contribution in [2.24, 2.45) is 5.73 Å². The van der Waals surface area contributed by atoms with Gasteiger partial charge in [-0.3, -0.25) is 9.69 Å². The first-order valence-corrected chi connectivity index (χ1v) is 7.81. The zero-order valence-corrected chi connectivity index (χ0v) is 11.6. The Morgan fingerprint density at radius 2 is 1.56 bits per heavy atom. The number of nitrogens with zero attached hydrogens (tertiary/aromatic N) is 1. The van der Waals surface area contributed by atoms with E-state index in [0.717, 1.165) is 6.04 Å². The Morgan fingerprint density at radius 1 is 0.944 bits per heavy atom. The Labute approximate surface area is 111 Å². The normalized spacial score (nSPS) is 28.6. The summed E-state index contributed by atoms with van der Waals surface area (Å²) >= 11 is 0. The molecular formula is C15H28N2O. The van der Waals surface area contributed by atoms with Gasteiger partial charge in [0.2, 0.25) is 5.91 Å². The third-order valence-electron chi connectivity index (χ3n) is 4.65. The standard InChI is InChI=1S/C15H28N2O/c16-15(18)12-14-10-6-7-11-17(14)13-8-4-2-1-3-5-9-13/h13-14H,1-12H2,(H2,16,18). The topological polar surface area (TPSA) is 46.3 Å². The Hall–Kier alpha value is -0.570. The second-order valence-corrected chi connectivity index (χ2v) is 6.06. The first kappa shape index (κ1) is 13.9. The molecule has 0 aromatic carbocycles. The Balaban J connectivity index is 1.94. The molecule has 1 aliphatic carbocycles. The maximum atomic E-state index is 11.2. The van der Waals surface area contributed by atoms with E-state index in [0.29, 0.717) is 12.5 Å². The molecule has 2 fully saturated rings. The minimum atomic E-state index is -0.127. The van der Waals surface area contributed by atoms with Gasteiger partial charge in [-0.25, -0.2) is 0 Å². The van der Waals surface area contributed by atoms with E-state index in [1.54, 1.807) is 0 Å². The molecule has 1 heterocycles. The summed E-state index contributed by atoms with van der Waals surface area (Å²) in [7, 11) is 0. The average Bonchev–Trinajstić information content (AvgIpc) is 2.29. The monoisotopic (exact) mass is 252 g/mol. The maximum Gasteiger partial charge on any atom is 0.218 e. The van der Waals surface area contributed by atoms with Crippen LogP contribution in [-0.2, 0) is 4.79 Å². The average molecular weight is 252 g/mol. The summed E-state index contributed by atoms with van der Waals surface area (Å²) in [5, 5.41) is 0. The predicted molar refractivity (Wildman–Crippen MR) is 74.3 cm³/mol. The van der Waals surface area contributed by atoms with Gasteiger partial charge in [-0.15, -0.1) is 0 Å². The number of primary amides is 1. The van der Waals surface area contributed by atoms with Crippen molar-refractivity contribution < 1.29 is 4.79 Å². The quantitative estimate of drug-likeness (QED) is 0.839. The number of piperidine rings is 1. The second-order valence-electron chi connectivity index (χ2n) is 6.06. The molecule has 3 heteroatoms. The number of amides is 1. The molecule has 1 aliphatic heterocycles. The van der Waals surface area contributed by atoms with Crippen molar-refractivity contribution >= 4 is 5.91 Å². The van der Waals surface area contributed by atoms with E-state index in [4.69, 9.17) is 5.73 Å². The number of nitrogens with two attached hydrogens (primary N) is 1. The third kappa shape index (κ3) is 3.98. The lowest BCUT2D eigenvalue weighted by atomic mass is 9.90. The van der Waals surface area contributed by atoms with E-state index in [2.05, 4.69) is 4.90 Å². The fourth-order valence-corrected chi connectivity index (χ4v) is 3.72. The highest BCUT2D eigenvalue weighted by Gasteiger charge is 2.29. The first-order chi connectivity index (χ1) is 8.77. The molecule has 18 heavy (non-hydrogen) atoms. The Bertz CT molecular complexity index is 259. The van der Waals surface area contributed by atoms with E-state index in [1.165, 1.54) is 70.8 Å². The van der Waals surface area contributed by atoms with Gasteiger partial charge in [0.15, 0.2) is 0 Å². The molecule has 2 aliphatic rings. The van der Waals surface area contributed by atoms with E-state index < -0.39 is 0 Å².